The van der Waals surface area contributed by atoms with Crippen molar-refractivity contribution in [2.24, 2.45) is 0 Å². The van der Waals surface area contributed by atoms with Crippen LogP contribution in [0.4, 0.5) is 5.95 Å². The summed E-state index contributed by atoms with van der Waals surface area (Å²) in [6.45, 7) is 0.826. The van der Waals surface area contributed by atoms with E-state index < -0.39 is 0 Å². The van der Waals surface area contributed by atoms with Gasteiger partial charge in [-0.1, -0.05) is 12.1 Å². The lowest BCUT2D eigenvalue weighted by atomic mass is 10.1. The molecule has 1 aliphatic rings. The molecule has 7 heteroatoms. The smallest absolute Gasteiger partial charge is 0.290 e. The van der Waals surface area contributed by atoms with Gasteiger partial charge in [0.1, 0.15) is 5.58 Å². The second-order valence-electron chi connectivity index (χ2n) is 5.65. The molecule has 7 nitrogen and oxygen atoms in total. The zero-order valence-electron chi connectivity index (χ0n) is 12.7. The van der Waals surface area contributed by atoms with E-state index in [0.717, 1.165) is 11.3 Å². The van der Waals surface area contributed by atoms with Crippen LogP contribution in [0.2, 0.25) is 0 Å². The number of nitrogens with two attached hydrogens (primary N) is 1. The van der Waals surface area contributed by atoms with Crippen LogP contribution in [-0.2, 0) is 13.0 Å². The number of aromatic nitrogens is 2. The van der Waals surface area contributed by atoms with Gasteiger partial charge in [0.15, 0.2) is 11.2 Å². The number of para-hydroxylation sites is 1. The minimum Gasteiger partial charge on any atom is -0.451 e. The first-order valence-corrected chi connectivity index (χ1v) is 7.54. The Hall–Kier alpha value is -3.22. The average Bonchev–Trinajstić information content (AvgIpc) is 2.60. The number of hydrogen-bond acceptors (Lipinski definition) is 6. The summed E-state index contributed by atoms with van der Waals surface area (Å²) in [7, 11) is 0. The number of anilines is 1. The summed E-state index contributed by atoms with van der Waals surface area (Å²) in [6, 6.07) is 8.11. The van der Waals surface area contributed by atoms with Crippen molar-refractivity contribution >= 4 is 22.8 Å². The molecule has 2 N–H and O–H groups in total. The van der Waals surface area contributed by atoms with Gasteiger partial charge >= 0.3 is 0 Å². The SMILES string of the molecule is Nc1ncc2c(n1)CN(C(=O)c1cc(=O)c3ccccc3o1)CC2. The molecule has 0 saturated heterocycles. The van der Waals surface area contributed by atoms with Gasteiger partial charge in [-0.3, -0.25) is 9.59 Å². The maximum atomic E-state index is 12.7. The highest BCUT2D eigenvalue weighted by atomic mass is 16.3. The highest BCUT2D eigenvalue weighted by molar-refractivity contribution is 5.93. The number of fused-ring (bicyclic) bond motifs is 2. The van der Waals surface area contributed by atoms with Gasteiger partial charge in [-0.2, -0.15) is 0 Å². The molecule has 0 saturated carbocycles. The number of nitrogens with zero attached hydrogens (tertiary/aromatic N) is 3. The Kier molecular flexibility index (Phi) is 3.26. The fourth-order valence-corrected chi connectivity index (χ4v) is 2.86. The molecule has 1 aromatic carbocycles. The van der Waals surface area contributed by atoms with Gasteiger partial charge in [0.25, 0.3) is 5.91 Å². The van der Waals surface area contributed by atoms with Crippen molar-refractivity contribution in [3.63, 3.8) is 0 Å². The minimum atomic E-state index is -0.333. The van der Waals surface area contributed by atoms with Gasteiger partial charge < -0.3 is 15.1 Å². The van der Waals surface area contributed by atoms with E-state index in [4.69, 9.17) is 10.2 Å². The molecule has 3 aromatic rings. The summed E-state index contributed by atoms with van der Waals surface area (Å²) in [5.74, 6) is -0.120. The Morgan fingerprint density at radius 2 is 2.12 bits per heavy atom. The third-order valence-corrected chi connectivity index (χ3v) is 4.10. The first kappa shape index (κ1) is 14.4. The van der Waals surface area contributed by atoms with Gasteiger partial charge in [-0.15, -0.1) is 0 Å². The Morgan fingerprint density at radius 3 is 3.00 bits per heavy atom. The average molecular weight is 322 g/mol. The van der Waals surface area contributed by atoms with Gasteiger partial charge in [0, 0.05) is 18.8 Å². The van der Waals surface area contributed by atoms with E-state index in [2.05, 4.69) is 9.97 Å². The largest absolute Gasteiger partial charge is 0.451 e. The molecular formula is C17H14N4O3. The molecule has 2 aromatic heterocycles. The molecule has 4 rings (SSSR count). The zero-order valence-corrected chi connectivity index (χ0v) is 12.7. The molecule has 120 valence electrons. The zero-order chi connectivity index (χ0) is 16.7. The normalized spacial score (nSPS) is 13.8. The van der Waals surface area contributed by atoms with Gasteiger partial charge in [0.05, 0.1) is 17.6 Å². The van der Waals surface area contributed by atoms with Crippen molar-refractivity contribution in [3.05, 3.63) is 63.8 Å². The lowest BCUT2D eigenvalue weighted by molar-refractivity contribution is 0.0700. The first-order chi connectivity index (χ1) is 11.6. The van der Waals surface area contributed by atoms with Crippen molar-refractivity contribution in [1.29, 1.82) is 0 Å². The number of rotatable bonds is 1. The molecule has 0 radical (unpaired) electrons. The number of carbonyl (C=O) groups excluding carboxylic acids is 1. The summed E-state index contributed by atoms with van der Waals surface area (Å²) in [5.41, 5.74) is 7.49. The third kappa shape index (κ3) is 2.40. The summed E-state index contributed by atoms with van der Waals surface area (Å²) in [6.07, 6.45) is 2.33. The first-order valence-electron chi connectivity index (χ1n) is 7.54. The quantitative estimate of drug-likeness (QED) is 0.726. The van der Waals surface area contributed by atoms with E-state index in [1.54, 1.807) is 35.4 Å². The van der Waals surface area contributed by atoms with Crippen LogP contribution in [0.15, 0.2) is 45.7 Å². The molecule has 0 spiro atoms. The topological polar surface area (TPSA) is 102 Å². The van der Waals surface area contributed by atoms with Crippen molar-refractivity contribution in [1.82, 2.24) is 14.9 Å². The van der Waals surface area contributed by atoms with Crippen molar-refractivity contribution in [3.8, 4) is 0 Å². The molecule has 1 aliphatic heterocycles. The van der Waals surface area contributed by atoms with E-state index in [1.807, 2.05) is 0 Å². The van der Waals surface area contributed by atoms with E-state index in [-0.39, 0.29) is 23.0 Å². The highest BCUT2D eigenvalue weighted by Crippen LogP contribution is 2.20. The molecule has 24 heavy (non-hydrogen) atoms. The van der Waals surface area contributed by atoms with Crippen LogP contribution in [0.1, 0.15) is 21.8 Å². The molecule has 0 atom stereocenters. The van der Waals surface area contributed by atoms with E-state index >= 15 is 0 Å². The number of carbonyl (C=O) groups is 1. The van der Waals surface area contributed by atoms with Crippen LogP contribution in [0.25, 0.3) is 11.0 Å². The Bertz CT molecular complexity index is 1010. The Morgan fingerprint density at radius 1 is 1.29 bits per heavy atom. The third-order valence-electron chi connectivity index (χ3n) is 4.10. The maximum Gasteiger partial charge on any atom is 0.290 e. The van der Waals surface area contributed by atoms with Crippen LogP contribution in [-0.4, -0.2) is 27.3 Å². The molecule has 0 aliphatic carbocycles. The minimum absolute atomic E-state index is 0.0316. The monoisotopic (exact) mass is 322 g/mol. The van der Waals surface area contributed by atoms with Gasteiger partial charge in [0.2, 0.25) is 5.95 Å². The number of nitrogen functional groups attached to an aromatic ring is 1. The van der Waals surface area contributed by atoms with Gasteiger partial charge in [-0.05, 0) is 24.1 Å². The van der Waals surface area contributed by atoms with Crippen LogP contribution in [0.3, 0.4) is 0 Å². The Balaban J connectivity index is 1.68. The predicted molar refractivity (Wildman–Crippen MR) is 87.4 cm³/mol. The van der Waals surface area contributed by atoms with Crippen LogP contribution >= 0.6 is 0 Å². The number of amides is 1. The molecular weight excluding hydrogens is 308 g/mol. The number of hydrogen-bond donors (Lipinski definition) is 1. The molecule has 3 heterocycles. The lowest BCUT2D eigenvalue weighted by Crippen LogP contribution is -2.37. The summed E-state index contributed by atoms with van der Waals surface area (Å²) in [4.78, 5) is 34.6. The van der Waals surface area contributed by atoms with Crippen LogP contribution in [0, 0.1) is 0 Å². The summed E-state index contributed by atoms with van der Waals surface area (Å²) in [5, 5.41) is 0.457. The lowest BCUT2D eigenvalue weighted by Gasteiger charge is -2.27. The fraction of sp³-hybridized carbons (Fsp3) is 0.176. The van der Waals surface area contributed by atoms with Crippen molar-refractivity contribution < 1.29 is 9.21 Å². The van der Waals surface area contributed by atoms with Crippen LogP contribution in [0.5, 0.6) is 0 Å². The molecule has 0 bridgehead atoms. The Labute approximate surface area is 136 Å². The summed E-state index contributed by atoms with van der Waals surface area (Å²) >= 11 is 0. The standard InChI is InChI=1S/C17H14N4O3/c18-17-19-8-10-5-6-21(9-12(10)20-17)16(23)15-7-13(22)11-3-1-2-4-14(11)24-15/h1-4,7-8H,5-6,9H2,(H2,18,19,20). The van der Waals surface area contributed by atoms with Crippen molar-refractivity contribution in [2.75, 3.05) is 12.3 Å². The molecule has 1 amide bonds. The van der Waals surface area contributed by atoms with E-state index in [9.17, 15) is 9.59 Å². The second-order valence-corrected chi connectivity index (χ2v) is 5.65. The van der Waals surface area contributed by atoms with E-state index in [1.165, 1.54) is 6.07 Å². The second kappa shape index (κ2) is 5.45. The van der Waals surface area contributed by atoms with E-state index in [0.29, 0.717) is 30.5 Å². The fourth-order valence-electron chi connectivity index (χ4n) is 2.86. The summed E-state index contributed by atoms with van der Waals surface area (Å²) < 4.78 is 5.62. The maximum absolute atomic E-state index is 12.7. The molecule has 0 unspecified atom stereocenters. The highest BCUT2D eigenvalue weighted by Gasteiger charge is 2.25. The van der Waals surface area contributed by atoms with Crippen LogP contribution < -0.4 is 11.2 Å². The molecule has 0 fully saturated rings. The number of benzene rings is 1. The van der Waals surface area contributed by atoms with Gasteiger partial charge in [-0.25, -0.2) is 9.97 Å². The predicted octanol–water partition coefficient (Wildman–Crippen LogP) is 1.36. The van der Waals surface area contributed by atoms with Crippen molar-refractivity contribution in [2.45, 2.75) is 13.0 Å².